The number of rotatable bonds is 5. The van der Waals surface area contributed by atoms with Crippen LogP contribution < -0.4 is 10.6 Å². The molecule has 1 aliphatic carbocycles. The van der Waals surface area contributed by atoms with E-state index < -0.39 is 0 Å². The summed E-state index contributed by atoms with van der Waals surface area (Å²) in [5, 5.41) is 6.45. The van der Waals surface area contributed by atoms with Crippen LogP contribution in [0.3, 0.4) is 0 Å². The predicted octanol–water partition coefficient (Wildman–Crippen LogP) is 2.93. The molecule has 0 heterocycles. The molecule has 0 saturated heterocycles. The van der Waals surface area contributed by atoms with Crippen molar-refractivity contribution in [1.29, 1.82) is 0 Å². The minimum atomic E-state index is -0.174. The molecule has 3 nitrogen and oxygen atoms in total. The zero-order valence-electron chi connectivity index (χ0n) is 11.5. The molecule has 0 aromatic heterocycles. The van der Waals surface area contributed by atoms with Gasteiger partial charge >= 0.3 is 0 Å². The molecule has 5 heteroatoms. The Hall–Kier alpha value is -1.36. The van der Waals surface area contributed by atoms with Gasteiger partial charge in [-0.1, -0.05) is 34.6 Å². The molecule has 1 saturated carbocycles. The molecular formula is C15H19BrFN3. The Bertz CT molecular complexity index is 524. The lowest BCUT2D eigenvalue weighted by atomic mass is 9.96. The van der Waals surface area contributed by atoms with E-state index >= 15 is 0 Å². The molecule has 0 atom stereocenters. The Balaban J connectivity index is 1.94. The molecule has 2 rings (SSSR count). The van der Waals surface area contributed by atoms with Gasteiger partial charge in [0.1, 0.15) is 5.82 Å². The molecule has 2 N–H and O–H groups in total. The van der Waals surface area contributed by atoms with E-state index in [4.69, 9.17) is 0 Å². The van der Waals surface area contributed by atoms with E-state index in [1.807, 2.05) is 6.07 Å². The number of nitrogens with zero attached hydrogens (tertiary/aromatic N) is 1. The summed E-state index contributed by atoms with van der Waals surface area (Å²) in [4.78, 5) is 4.16. The Morgan fingerprint density at radius 1 is 1.45 bits per heavy atom. The van der Waals surface area contributed by atoms with Crippen molar-refractivity contribution in [2.75, 3.05) is 20.1 Å². The molecule has 0 amide bonds. The number of halogens is 2. The zero-order chi connectivity index (χ0) is 14.6. The van der Waals surface area contributed by atoms with Crippen LogP contribution in [0.4, 0.5) is 4.39 Å². The third-order valence-corrected chi connectivity index (χ3v) is 3.84. The number of nitrogens with one attached hydrogen (secondary N) is 2. The Morgan fingerprint density at radius 3 is 2.75 bits per heavy atom. The van der Waals surface area contributed by atoms with Crippen molar-refractivity contribution >= 4 is 21.9 Å². The second kappa shape index (κ2) is 6.39. The first-order valence-corrected chi connectivity index (χ1v) is 7.39. The van der Waals surface area contributed by atoms with Gasteiger partial charge in [0.25, 0.3) is 0 Å². The van der Waals surface area contributed by atoms with Crippen molar-refractivity contribution in [2.24, 2.45) is 4.99 Å². The predicted molar refractivity (Wildman–Crippen MR) is 84.7 cm³/mol. The Morgan fingerprint density at radius 2 is 2.20 bits per heavy atom. The average molecular weight is 340 g/mol. The van der Waals surface area contributed by atoms with Gasteiger partial charge in [-0.2, -0.15) is 0 Å². The highest BCUT2D eigenvalue weighted by Gasteiger charge is 2.44. The van der Waals surface area contributed by atoms with Crippen LogP contribution in [0.1, 0.15) is 18.4 Å². The zero-order valence-corrected chi connectivity index (χ0v) is 13.1. The van der Waals surface area contributed by atoms with Crippen LogP contribution >= 0.6 is 15.9 Å². The number of benzene rings is 1. The van der Waals surface area contributed by atoms with Gasteiger partial charge in [0, 0.05) is 30.0 Å². The van der Waals surface area contributed by atoms with Crippen LogP contribution in [0, 0.1) is 5.82 Å². The van der Waals surface area contributed by atoms with E-state index in [9.17, 15) is 4.39 Å². The van der Waals surface area contributed by atoms with Gasteiger partial charge in [-0.05, 0) is 30.5 Å². The summed E-state index contributed by atoms with van der Waals surface area (Å²) in [6, 6.07) is 6.88. The smallest absolute Gasteiger partial charge is 0.191 e. The maximum absolute atomic E-state index is 13.3. The Labute approximate surface area is 127 Å². The highest BCUT2D eigenvalue weighted by molar-refractivity contribution is 9.11. The second-order valence-electron chi connectivity index (χ2n) is 5.09. The average Bonchev–Trinajstić information content (AvgIpc) is 3.20. The molecule has 0 aliphatic heterocycles. The Kier molecular flexibility index (Phi) is 4.81. The minimum absolute atomic E-state index is 0.0468. The first kappa shape index (κ1) is 15.0. The van der Waals surface area contributed by atoms with Crippen molar-refractivity contribution in [1.82, 2.24) is 10.6 Å². The van der Waals surface area contributed by atoms with Crippen molar-refractivity contribution in [2.45, 2.75) is 18.3 Å². The van der Waals surface area contributed by atoms with Crippen LogP contribution in [0.5, 0.6) is 0 Å². The maximum atomic E-state index is 13.3. The lowest BCUT2D eigenvalue weighted by molar-refractivity contribution is 0.607. The van der Waals surface area contributed by atoms with Gasteiger partial charge in [-0.3, -0.25) is 4.99 Å². The summed E-state index contributed by atoms with van der Waals surface area (Å²) in [6.45, 7) is 5.14. The fourth-order valence-electron chi connectivity index (χ4n) is 2.19. The molecule has 0 unspecified atom stereocenters. The molecule has 1 aliphatic rings. The molecule has 1 fully saturated rings. The third-order valence-electron chi connectivity index (χ3n) is 3.56. The van der Waals surface area contributed by atoms with Gasteiger partial charge in [0.2, 0.25) is 0 Å². The lowest BCUT2D eigenvalue weighted by Crippen LogP contribution is -2.41. The molecule has 1 aromatic carbocycles. The summed E-state index contributed by atoms with van der Waals surface area (Å²) in [6.07, 6.45) is 2.15. The standard InChI is InChI=1S/C15H19BrFN3/c1-11(16)9-19-14(18-2)20-10-15(6-7-15)12-4-3-5-13(17)8-12/h3-5,8H,1,6-7,9-10H2,2H3,(H2,18,19,20). The van der Waals surface area contributed by atoms with Crippen LogP contribution in [0.15, 0.2) is 40.3 Å². The van der Waals surface area contributed by atoms with Crippen molar-refractivity contribution in [3.8, 4) is 0 Å². The number of aliphatic imine (C=N–C) groups is 1. The normalized spacial score (nSPS) is 16.6. The summed E-state index contributed by atoms with van der Waals surface area (Å²) in [5.74, 6) is 0.556. The highest BCUT2D eigenvalue weighted by Crippen LogP contribution is 2.47. The van der Waals surface area contributed by atoms with E-state index in [0.717, 1.165) is 35.4 Å². The molecule has 0 radical (unpaired) electrons. The maximum Gasteiger partial charge on any atom is 0.191 e. The van der Waals surface area contributed by atoms with E-state index in [2.05, 4.69) is 38.1 Å². The van der Waals surface area contributed by atoms with Gasteiger partial charge in [-0.15, -0.1) is 0 Å². The number of guanidine groups is 1. The first-order valence-electron chi connectivity index (χ1n) is 6.60. The summed E-state index contributed by atoms with van der Waals surface area (Å²) in [5.41, 5.74) is 1.11. The third kappa shape index (κ3) is 3.82. The monoisotopic (exact) mass is 339 g/mol. The fraction of sp³-hybridized carbons (Fsp3) is 0.400. The van der Waals surface area contributed by atoms with Crippen LogP contribution in [-0.4, -0.2) is 26.1 Å². The number of hydrogen-bond donors (Lipinski definition) is 2. The quantitative estimate of drug-likeness (QED) is 0.639. The van der Waals surface area contributed by atoms with E-state index in [-0.39, 0.29) is 11.2 Å². The summed E-state index contributed by atoms with van der Waals surface area (Å²) >= 11 is 3.30. The van der Waals surface area contributed by atoms with E-state index in [0.29, 0.717) is 6.54 Å². The summed E-state index contributed by atoms with van der Waals surface area (Å²) < 4.78 is 14.2. The van der Waals surface area contributed by atoms with Gasteiger partial charge < -0.3 is 10.6 Å². The minimum Gasteiger partial charge on any atom is -0.356 e. The molecule has 0 spiro atoms. The van der Waals surface area contributed by atoms with Gasteiger partial charge in [0.15, 0.2) is 5.96 Å². The molecule has 1 aromatic rings. The molecular weight excluding hydrogens is 321 g/mol. The van der Waals surface area contributed by atoms with E-state index in [1.54, 1.807) is 19.2 Å². The van der Waals surface area contributed by atoms with Crippen molar-refractivity contribution in [3.05, 3.63) is 46.7 Å². The van der Waals surface area contributed by atoms with Crippen LogP contribution in [0.2, 0.25) is 0 Å². The van der Waals surface area contributed by atoms with Gasteiger partial charge in [-0.25, -0.2) is 4.39 Å². The van der Waals surface area contributed by atoms with E-state index in [1.165, 1.54) is 6.07 Å². The van der Waals surface area contributed by atoms with Crippen molar-refractivity contribution in [3.63, 3.8) is 0 Å². The SMILES string of the molecule is C=C(Br)CNC(=NC)NCC1(c2cccc(F)c2)CC1. The topological polar surface area (TPSA) is 36.4 Å². The first-order chi connectivity index (χ1) is 9.55. The van der Waals surface area contributed by atoms with Crippen molar-refractivity contribution < 1.29 is 4.39 Å². The summed E-state index contributed by atoms with van der Waals surface area (Å²) in [7, 11) is 1.73. The van der Waals surface area contributed by atoms with Gasteiger partial charge in [0.05, 0.1) is 0 Å². The molecule has 108 valence electrons. The lowest BCUT2D eigenvalue weighted by Gasteiger charge is -2.19. The molecule has 0 bridgehead atoms. The second-order valence-corrected chi connectivity index (χ2v) is 6.21. The van der Waals surface area contributed by atoms with Crippen LogP contribution in [0.25, 0.3) is 0 Å². The number of hydrogen-bond acceptors (Lipinski definition) is 1. The van der Waals surface area contributed by atoms with Crippen LogP contribution in [-0.2, 0) is 5.41 Å². The largest absolute Gasteiger partial charge is 0.356 e. The fourth-order valence-corrected chi connectivity index (χ4v) is 2.33. The molecule has 20 heavy (non-hydrogen) atoms. The highest BCUT2D eigenvalue weighted by atomic mass is 79.9.